The van der Waals surface area contributed by atoms with E-state index >= 15 is 0 Å². The lowest BCUT2D eigenvalue weighted by atomic mass is 10.3. The van der Waals surface area contributed by atoms with Crippen molar-refractivity contribution in [1.82, 2.24) is 0 Å². The summed E-state index contributed by atoms with van der Waals surface area (Å²) in [6, 6.07) is 7.38. The van der Waals surface area contributed by atoms with Crippen LogP contribution < -0.4 is 14.2 Å². The van der Waals surface area contributed by atoms with Crippen LogP contribution in [0.3, 0.4) is 0 Å². The molecule has 4 heteroatoms. The van der Waals surface area contributed by atoms with Gasteiger partial charge in [0.2, 0.25) is 5.75 Å². The SMILES string of the molecule is COc1cccc(OC)c1OCCC#N. The molecule has 0 unspecified atom stereocenters. The normalized spacial score (nSPS) is 9.13. The second-order valence-corrected chi connectivity index (χ2v) is 2.75. The molecule has 0 N–H and O–H groups in total. The molecular formula is C11H13NO3. The van der Waals surface area contributed by atoms with Gasteiger partial charge in [0.15, 0.2) is 11.5 Å². The summed E-state index contributed by atoms with van der Waals surface area (Å²) in [6.07, 6.45) is 0.335. The van der Waals surface area contributed by atoms with E-state index in [9.17, 15) is 0 Å². The van der Waals surface area contributed by atoms with Crippen LogP contribution in [0.2, 0.25) is 0 Å². The van der Waals surface area contributed by atoms with Crippen molar-refractivity contribution in [3.8, 4) is 23.3 Å². The van der Waals surface area contributed by atoms with Gasteiger partial charge in [-0.05, 0) is 12.1 Å². The number of nitrogens with zero attached hydrogens (tertiary/aromatic N) is 1. The first-order chi connectivity index (χ1) is 7.33. The molecule has 0 radical (unpaired) electrons. The number of rotatable bonds is 5. The number of hydrogen-bond acceptors (Lipinski definition) is 4. The van der Waals surface area contributed by atoms with Crippen molar-refractivity contribution in [1.29, 1.82) is 5.26 Å². The maximum absolute atomic E-state index is 8.40. The Morgan fingerprint density at radius 1 is 1.20 bits per heavy atom. The van der Waals surface area contributed by atoms with Crippen molar-refractivity contribution in [2.45, 2.75) is 6.42 Å². The summed E-state index contributed by atoms with van der Waals surface area (Å²) in [5.41, 5.74) is 0. The van der Waals surface area contributed by atoms with Gasteiger partial charge < -0.3 is 14.2 Å². The molecule has 0 atom stereocenters. The van der Waals surface area contributed by atoms with Crippen LogP contribution in [0.1, 0.15) is 6.42 Å². The third-order valence-corrected chi connectivity index (χ3v) is 1.84. The third kappa shape index (κ3) is 2.78. The second-order valence-electron chi connectivity index (χ2n) is 2.75. The van der Waals surface area contributed by atoms with E-state index in [0.717, 1.165) is 0 Å². The van der Waals surface area contributed by atoms with E-state index in [1.807, 2.05) is 12.1 Å². The van der Waals surface area contributed by atoms with E-state index in [2.05, 4.69) is 0 Å². The Morgan fingerprint density at radius 2 is 1.80 bits per heavy atom. The van der Waals surface area contributed by atoms with Crippen molar-refractivity contribution in [3.05, 3.63) is 18.2 Å². The van der Waals surface area contributed by atoms with Crippen LogP contribution in [0.4, 0.5) is 0 Å². The van der Waals surface area contributed by atoms with Gasteiger partial charge in [0.25, 0.3) is 0 Å². The fourth-order valence-electron chi connectivity index (χ4n) is 1.16. The summed E-state index contributed by atoms with van der Waals surface area (Å²) < 4.78 is 15.7. The Hall–Kier alpha value is -1.89. The van der Waals surface area contributed by atoms with E-state index in [4.69, 9.17) is 19.5 Å². The van der Waals surface area contributed by atoms with Gasteiger partial charge in [-0.1, -0.05) is 6.07 Å². The number of methoxy groups -OCH3 is 2. The highest BCUT2D eigenvalue weighted by atomic mass is 16.5. The lowest BCUT2D eigenvalue weighted by Gasteiger charge is -2.12. The van der Waals surface area contributed by atoms with Gasteiger partial charge in [0.1, 0.15) is 6.61 Å². The average Bonchev–Trinajstić information content (AvgIpc) is 2.29. The summed E-state index contributed by atoms with van der Waals surface area (Å²) >= 11 is 0. The van der Waals surface area contributed by atoms with Gasteiger partial charge in [-0.3, -0.25) is 0 Å². The van der Waals surface area contributed by atoms with E-state index in [0.29, 0.717) is 30.3 Å². The van der Waals surface area contributed by atoms with Crippen LogP contribution in [-0.4, -0.2) is 20.8 Å². The maximum Gasteiger partial charge on any atom is 0.203 e. The van der Waals surface area contributed by atoms with Gasteiger partial charge in [-0.2, -0.15) is 5.26 Å². The molecule has 80 valence electrons. The molecule has 0 aromatic heterocycles. The van der Waals surface area contributed by atoms with Crippen molar-refractivity contribution >= 4 is 0 Å². The number of hydrogen-bond donors (Lipinski definition) is 0. The molecule has 0 saturated carbocycles. The van der Waals surface area contributed by atoms with Crippen LogP contribution in [-0.2, 0) is 0 Å². The predicted molar refractivity (Wildman–Crippen MR) is 55.3 cm³/mol. The molecular weight excluding hydrogens is 194 g/mol. The van der Waals surface area contributed by atoms with Gasteiger partial charge in [-0.15, -0.1) is 0 Å². The molecule has 0 aliphatic rings. The molecule has 0 heterocycles. The monoisotopic (exact) mass is 207 g/mol. The highest BCUT2D eigenvalue weighted by molar-refractivity contribution is 5.51. The lowest BCUT2D eigenvalue weighted by Crippen LogP contribution is -2.00. The molecule has 0 amide bonds. The summed E-state index contributed by atoms with van der Waals surface area (Å²) in [4.78, 5) is 0. The molecule has 1 aromatic rings. The lowest BCUT2D eigenvalue weighted by molar-refractivity contribution is 0.280. The third-order valence-electron chi connectivity index (χ3n) is 1.84. The van der Waals surface area contributed by atoms with Crippen LogP contribution in [0.25, 0.3) is 0 Å². The smallest absolute Gasteiger partial charge is 0.203 e. The Balaban J connectivity index is 2.86. The first-order valence-electron chi connectivity index (χ1n) is 4.54. The molecule has 15 heavy (non-hydrogen) atoms. The molecule has 0 aliphatic heterocycles. The summed E-state index contributed by atoms with van der Waals surface area (Å²) in [7, 11) is 3.12. The van der Waals surface area contributed by atoms with Gasteiger partial charge in [0.05, 0.1) is 26.7 Å². The first kappa shape index (κ1) is 11.2. The minimum Gasteiger partial charge on any atom is -0.493 e. The number of ether oxygens (including phenoxy) is 3. The highest BCUT2D eigenvalue weighted by Crippen LogP contribution is 2.36. The Labute approximate surface area is 89.0 Å². The fraction of sp³-hybridized carbons (Fsp3) is 0.364. The van der Waals surface area contributed by atoms with E-state index < -0.39 is 0 Å². The highest BCUT2D eigenvalue weighted by Gasteiger charge is 2.10. The zero-order chi connectivity index (χ0) is 11.1. The van der Waals surface area contributed by atoms with Crippen LogP contribution in [0.15, 0.2) is 18.2 Å². The zero-order valence-electron chi connectivity index (χ0n) is 8.82. The molecule has 0 aliphatic carbocycles. The van der Waals surface area contributed by atoms with Crippen LogP contribution >= 0.6 is 0 Å². The molecule has 4 nitrogen and oxygen atoms in total. The summed E-state index contributed by atoms with van der Waals surface area (Å²) in [5, 5.41) is 8.40. The van der Waals surface area contributed by atoms with E-state index in [1.54, 1.807) is 26.4 Å². The molecule has 0 bridgehead atoms. The van der Waals surface area contributed by atoms with E-state index in [-0.39, 0.29) is 0 Å². The standard InChI is InChI=1S/C11H13NO3/c1-13-9-5-3-6-10(14-2)11(9)15-8-4-7-12/h3,5-6H,4,8H2,1-2H3. The van der Waals surface area contributed by atoms with E-state index in [1.165, 1.54) is 0 Å². The zero-order valence-corrected chi connectivity index (χ0v) is 8.82. The first-order valence-corrected chi connectivity index (χ1v) is 4.54. The average molecular weight is 207 g/mol. The van der Waals surface area contributed by atoms with Crippen LogP contribution in [0.5, 0.6) is 17.2 Å². The van der Waals surface area contributed by atoms with Crippen molar-refractivity contribution in [3.63, 3.8) is 0 Å². The molecule has 0 fully saturated rings. The van der Waals surface area contributed by atoms with Gasteiger partial charge in [-0.25, -0.2) is 0 Å². The molecule has 1 rings (SSSR count). The van der Waals surface area contributed by atoms with Gasteiger partial charge >= 0.3 is 0 Å². The number of nitriles is 1. The fourth-order valence-corrected chi connectivity index (χ4v) is 1.16. The summed E-state index contributed by atoms with van der Waals surface area (Å²) in [6.45, 7) is 0.327. The largest absolute Gasteiger partial charge is 0.493 e. The quantitative estimate of drug-likeness (QED) is 0.693. The minimum atomic E-state index is 0.327. The topological polar surface area (TPSA) is 51.5 Å². The molecule has 0 saturated heterocycles. The van der Waals surface area contributed by atoms with Crippen molar-refractivity contribution < 1.29 is 14.2 Å². The maximum atomic E-state index is 8.40. The Bertz CT molecular complexity index is 335. The van der Waals surface area contributed by atoms with Crippen molar-refractivity contribution in [2.24, 2.45) is 0 Å². The van der Waals surface area contributed by atoms with Crippen molar-refractivity contribution in [2.75, 3.05) is 20.8 Å². The number of benzene rings is 1. The van der Waals surface area contributed by atoms with Crippen LogP contribution in [0, 0.1) is 11.3 Å². The summed E-state index contributed by atoms with van der Waals surface area (Å²) in [5.74, 6) is 1.75. The minimum absolute atomic E-state index is 0.327. The van der Waals surface area contributed by atoms with Gasteiger partial charge in [0, 0.05) is 0 Å². The second kappa shape index (κ2) is 5.76. The Morgan fingerprint density at radius 3 is 2.27 bits per heavy atom. The Kier molecular flexibility index (Phi) is 4.30. The predicted octanol–water partition coefficient (Wildman–Crippen LogP) is 2.00. The number of para-hydroxylation sites is 1. The molecule has 1 aromatic carbocycles. The molecule has 0 spiro atoms.